The Morgan fingerprint density at radius 2 is 1.88 bits per heavy atom. The first-order valence-electron chi connectivity index (χ1n) is 10.7. The summed E-state index contributed by atoms with van der Waals surface area (Å²) in [7, 11) is -3.15. The Hall–Kier alpha value is -1.54. The monoisotopic (exact) mass is 529 g/mol. The molecule has 2 unspecified atom stereocenters. The SMILES string of the molecule is CN1C(C(=O)Nc2ccc(F)c(Cl)c2)CC(c2ccc(B3OC(C)(C)C(C)(C)O3)s2)NS1(=O)=O. The number of rotatable bonds is 4. The Balaban J connectivity index is 1.54. The number of thiophene rings is 1. The predicted octanol–water partition coefficient (Wildman–Crippen LogP) is 3.06. The molecule has 2 fully saturated rings. The minimum absolute atomic E-state index is 0.143. The minimum atomic E-state index is -3.93. The summed E-state index contributed by atoms with van der Waals surface area (Å²) in [6.07, 6.45) is 0.194. The first-order chi connectivity index (χ1) is 15.7. The highest BCUT2D eigenvalue weighted by atomic mass is 35.5. The number of likely N-dealkylation sites (N-methyl/N-ethyl adjacent to an activating group) is 1. The van der Waals surface area contributed by atoms with E-state index in [2.05, 4.69) is 10.0 Å². The number of hydrogen-bond donors (Lipinski definition) is 2. The number of halogens is 2. The molecule has 0 bridgehead atoms. The second-order valence-corrected chi connectivity index (χ2v) is 12.7. The van der Waals surface area contributed by atoms with Crippen LogP contribution in [0.2, 0.25) is 5.02 Å². The molecule has 2 aromatic rings. The van der Waals surface area contributed by atoms with E-state index < -0.39 is 52.3 Å². The highest BCUT2D eigenvalue weighted by Crippen LogP contribution is 2.38. The first kappa shape index (κ1) is 25.6. The van der Waals surface area contributed by atoms with Gasteiger partial charge in [0.1, 0.15) is 11.9 Å². The fourth-order valence-electron chi connectivity index (χ4n) is 3.74. The second-order valence-electron chi connectivity index (χ2n) is 9.39. The maximum absolute atomic E-state index is 13.4. The summed E-state index contributed by atoms with van der Waals surface area (Å²) in [5, 5.41) is 2.48. The number of carbonyl (C=O) groups is 1. The van der Waals surface area contributed by atoms with Crippen LogP contribution in [0.25, 0.3) is 0 Å². The van der Waals surface area contributed by atoms with E-state index in [9.17, 15) is 17.6 Å². The third-order valence-electron chi connectivity index (χ3n) is 6.53. The smallest absolute Gasteiger partial charge is 0.399 e. The Kier molecular flexibility index (Phi) is 6.65. The molecule has 2 N–H and O–H groups in total. The molecule has 2 atom stereocenters. The Bertz CT molecular complexity index is 1210. The van der Waals surface area contributed by atoms with Crippen molar-refractivity contribution in [2.45, 2.75) is 57.4 Å². The van der Waals surface area contributed by atoms with E-state index >= 15 is 0 Å². The van der Waals surface area contributed by atoms with Crippen LogP contribution in [-0.4, -0.2) is 50.0 Å². The molecule has 0 spiro atoms. The van der Waals surface area contributed by atoms with Gasteiger partial charge in [-0.3, -0.25) is 4.79 Å². The second kappa shape index (κ2) is 8.84. The van der Waals surface area contributed by atoms with Crippen LogP contribution in [0.3, 0.4) is 0 Å². The number of benzene rings is 1. The molecule has 184 valence electrons. The van der Waals surface area contributed by atoms with Crippen LogP contribution in [0.5, 0.6) is 0 Å². The number of anilines is 1. The third-order valence-corrected chi connectivity index (χ3v) is 9.64. The van der Waals surface area contributed by atoms with Crippen LogP contribution in [0.15, 0.2) is 30.3 Å². The predicted molar refractivity (Wildman–Crippen MR) is 131 cm³/mol. The summed E-state index contributed by atoms with van der Waals surface area (Å²) in [6, 6.07) is 5.84. The van der Waals surface area contributed by atoms with Gasteiger partial charge in [-0.05, 0) is 58.4 Å². The maximum atomic E-state index is 13.4. The van der Waals surface area contributed by atoms with Crippen LogP contribution in [-0.2, 0) is 24.3 Å². The van der Waals surface area contributed by atoms with Crippen LogP contribution in [0, 0.1) is 5.82 Å². The number of amides is 1. The number of nitrogens with one attached hydrogen (secondary N) is 2. The Morgan fingerprint density at radius 3 is 2.50 bits per heavy atom. The molecule has 1 aromatic carbocycles. The van der Waals surface area contributed by atoms with E-state index in [1.54, 1.807) is 0 Å². The number of carbonyl (C=O) groups excluding carboxylic acids is 1. The fraction of sp³-hybridized carbons (Fsp3) is 0.476. The van der Waals surface area contributed by atoms with Gasteiger partial charge in [-0.1, -0.05) is 17.7 Å². The van der Waals surface area contributed by atoms with Crippen LogP contribution in [0.1, 0.15) is 45.0 Å². The standard InChI is InChI=1S/C21H26BClFN3O5S2/c1-20(2)21(3,4)32-22(31-20)18-9-8-17(33-18)15-11-16(27(5)34(29,30)26-15)19(28)25-12-6-7-14(24)13(23)10-12/h6-10,15-16,26H,11H2,1-5H3,(H,25,28). The zero-order valence-electron chi connectivity index (χ0n) is 19.4. The van der Waals surface area contributed by atoms with Gasteiger partial charge < -0.3 is 14.6 Å². The van der Waals surface area contributed by atoms with Gasteiger partial charge >= 0.3 is 7.12 Å². The molecule has 1 aromatic heterocycles. The van der Waals surface area contributed by atoms with Crippen molar-refractivity contribution in [2.24, 2.45) is 0 Å². The summed E-state index contributed by atoms with van der Waals surface area (Å²) in [5.41, 5.74) is -0.719. The highest BCUT2D eigenvalue weighted by Gasteiger charge is 2.52. The molecule has 8 nitrogen and oxygen atoms in total. The van der Waals surface area contributed by atoms with E-state index in [0.29, 0.717) is 0 Å². The van der Waals surface area contributed by atoms with Gasteiger partial charge in [-0.15, -0.1) is 11.3 Å². The maximum Gasteiger partial charge on any atom is 0.505 e. The van der Waals surface area contributed by atoms with Crippen molar-refractivity contribution in [3.8, 4) is 0 Å². The van der Waals surface area contributed by atoms with Crippen LogP contribution in [0.4, 0.5) is 10.1 Å². The van der Waals surface area contributed by atoms with Gasteiger partial charge in [0.2, 0.25) is 5.91 Å². The topological polar surface area (TPSA) is 97.0 Å². The summed E-state index contributed by atoms with van der Waals surface area (Å²) in [6.45, 7) is 7.85. The van der Waals surface area contributed by atoms with Gasteiger partial charge in [0.15, 0.2) is 0 Å². The van der Waals surface area contributed by atoms with Gasteiger partial charge in [-0.2, -0.15) is 17.4 Å². The molecule has 0 aliphatic carbocycles. The highest BCUT2D eigenvalue weighted by molar-refractivity contribution is 7.87. The van der Waals surface area contributed by atoms with Gasteiger partial charge in [-0.25, -0.2) is 4.39 Å². The van der Waals surface area contributed by atoms with Crippen molar-refractivity contribution in [1.82, 2.24) is 9.03 Å². The molecule has 13 heteroatoms. The largest absolute Gasteiger partial charge is 0.505 e. The molecule has 1 amide bonds. The molecule has 0 radical (unpaired) electrons. The molecule has 3 heterocycles. The van der Waals surface area contributed by atoms with Crippen LogP contribution < -0.4 is 14.8 Å². The number of hydrogen-bond acceptors (Lipinski definition) is 6. The van der Waals surface area contributed by atoms with Crippen molar-refractivity contribution >= 4 is 56.6 Å². The molecule has 34 heavy (non-hydrogen) atoms. The average molecular weight is 530 g/mol. The van der Waals surface area contributed by atoms with Crippen LogP contribution >= 0.6 is 22.9 Å². The van der Waals surface area contributed by atoms with E-state index in [4.69, 9.17) is 20.9 Å². The zero-order chi connectivity index (χ0) is 25.1. The summed E-state index contributed by atoms with van der Waals surface area (Å²) in [4.78, 5) is 13.7. The molecule has 2 saturated heterocycles. The van der Waals surface area contributed by atoms with E-state index in [1.165, 1.54) is 30.5 Å². The summed E-state index contributed by atoms with van der Waals surface area (Å²) < 4.78 is 55.6. The lowest BCUT2D eigenvalue weighted by atomic mass is 9.88. The third kappa shape index (κ3) is 4.77. The lowest BCUT2D eigenvalue weighted by Gasteiger charge is -2.35. The summed E-state index contributed by atoms with van der Waals surface area (Å²) >= 11 is 7.17. The molecule has 0 saturated carbocycles. The molecular formula is C21H26BClFN3O5S2. The van der Waals surface area contributed by atoms with E-state index in [-0.39, 0.29) is 17.1 Å². The van der Waals surface area contributed by atoms with Crippen molar-refractivity contribution in [2.75, 3.05) is 12.4 Å². The van der Waals surface area contributed by atoms with E-state index in [0.717, 1.165) is 20.0 Å². The number of nitrogens with zero attached hydrogens (tertiary/aromatic N) is 1. The van der Waals surface area contributed by atoms with Gasteiger partial charge in [0.25, 0.3) is 10.2 Å². The molecule has 2 aliphatic heterocycles. The minimum Gasteiger partial charge on any atom is -0.399 e. The zero-order valence-corrected chi connectivity index (χ0v) is 21.8. The first-order valence-corrected chi connectivity index (χ1v) is 13.3. The van der Waals surface area contributed by atoms with Crippen molar-refractivity contribution < 1.29 is 26.9 Å². The summed E-state index contributed by atoms with van der Waals surface area (Å²) in [5.74, 6) is -1.15. The van der Waals surface area contributed by atoms with E-state index in [1.807, 2.05) is 39.8 Å². The van der Waals surface area contributed by atoms with Crippen molar-refractivity contribution in [3.05, 3.63) is 46.0 Å². The quantitative estimate of drug-likeness (QED) is 0.594. The molecule has 4 rings (SSSR count). The van der Waals surface area contributed by atoms with Gasteiger partial charge in [0, 0.05) is 22.4 Å². The molecule has 2 aliphatic rings. The van der Waals surface area contributed by atoms with Crippen molar-refractivity contribution in [1.29, 1.82) is 0 Å². The molecular weight excluding hydrogens is 504 g/mol. The Labute approximate surface area is 208 Å². The normalized spacial score (nSPS) is 25.9. The Morgan fingerprint density at radius 1 is 1.24 bits per heavy atom. The fourth-order valence-corrected chi connectivity index (χ4v) is 6.29. The average Bonchev–Trinajstić information content (AvgIpc) is 3.29. The van der Waals surface area contributed by atoms with Gasteiger partial charge in [0.05, 0.1) is 22.3 Å². The van der Waals surface area contributed by atoms with Crippen molar-refractivity contribution in [3.63, 3.8) is 0 Å². The lowest BCUT2D eigenvalue weighted by Crippen LogP contribution is -2.55. The lowest BCUT2D eigenvalue weighted by molar-refractivity contribution is -0.120.